The smallest absolute Gasteiger partial charge is 0.379 e. The molecule has 0 atom stereocenters. The summed E-state index contributed by atoms with van der Waals surface area (Å²) in [6.07, 6.45) is 3.49. The van der Waals surface area contributed by atoms with Crippen LogP contribution in [0.3, 0.4) is 0 Å². The Kier molecular flexibility index (Phi) is 5.22. The normalized spacial score (nSPS) is 14.4. The van der Waals surface area contributed by atoms with Crippen LogP contribution in [0.5, 0.6) is 5.75 Å². The molecule has 7 nitrogen and oxygen atoms in total. The minimum atomic E-state index is -0.675. The Morgan fingerprint density at radius 1 is 1.13 bits per heavy atom. The number of benzene rings is 1. The van der Waals surface area contributed by atoms with Crippen LogP contribution in [0.1, 0.15) is 56.4 Å². The van der Waals surface area contributed by atoms with Crippen molar-refractivity contribution in [1.82, 2.24) is 5.43 Å². The molecule has 1 aliphatic rings. The number of halogens is 1. The van der Waals surface area contributed by atoms with E-state index in [1.165, 1.54) is 30.5 Å². The molecule has 4 rings (SSSR count). The summed E-state index contributed by atoms with van der Waals surface area (Å²) in [6.45, 7) is 3.44. The van der Waals surface area contributed by atoms with E-state index in [2.05, 4.69) is 10.5 Å². The molecule has 2 heterocycles. The monoisotopic (exact) mass is 410 g/mol. The number of nitrogens with zero attached hydrogens (tertiary/aromatic N) is 1. The van der Waals surface area contributed by atoms with Crippen LogP contribution in [0.2, 0.25) is 0 Å². The second-order valence-corrected chi connectivity index (χ2v) is 6.94. The lowest BCUT2D eigenvalue weighted by molar-refractivity contribution is 0.0698. The molecule has 0 spiro atoms. The molecule has 154 valence electrons. The predicted molar refractivity (Wildman–Crippen MR) is 105 cm³/mol. The largest absolute Gasteiger partial charge is 0.469 e. The highest BCUT2D eigenvalue weighted by molar-refractivity contribution is 6.06. The Morgan fingerprint density at radius 3 is 2.60 bits per heavy atom. The zero-order chi connectivity index (χ0) is 21.3. The van der Waals surface area contributed by atoms with Crippen LogP contribution in [0.25, 0.3) is 0 Å². The lowest BCUT2D eigenvalue weighted by Crippen LogP contribution is -2.22. The van der Waals surface area contributed by atoms with Crippen LogP contribution in [0.4, 0.5) is 4.39 Å². The van der Waals surface area contributed by atoms with Gasteiger partial charge in [0, 0.05) is 17.5 Å². The Balaban J connectivity index is 1.57. The molecule has 0 bridgehead atoms. The fourth-order valence-corrected chi connectivity index (χ4v) is 3.43. The molecule has 1 N–H and O–H groups in total. The molecule has 0 saturated heterocycles. The molecule has 3 aromatic rings. The van der Waals surface area contributed by atoms with Gasteiger partial charge in [-0.25, -0.2) is 14.6 Å². The van der Waals surface area contributed by atoms with Gasteiger partial charge in [-0.05, 0) is 57.0 Å². The molecular formula is C22H19FN2O5. The third-order valence-electron chi connectivity index (χ3n) is 4.93. The zero-order valence-electron chi connectivity index (χ0n) is 16.5. The maximum absolute atomic E-state index is 13.0. The van der Waals surface area contributed by atoms with E-state index in [1.54, 1.807) is 19.9 Å². The third-order valence-corrected chi connectivity index (χ3v) is 4.93. The average Bonchev–Trinajstić information content (AvgIpc) is 3.31. The number of rotatable bonds is 4. The number of hydrogen-bond donors (Lipinski definition) is 1. The lowest BCUT2D eigenvalue weighted by atomic mass is 9.93. The number of hydrogen-bond acceptors (Lipinski definition) is 6. The highest BCUT2D eigenvalue weighted by Crippen LogP contribution is 2.30. The quantitative estimate of drug-likeness (QED) is 0.393. The second-order valence-electron chi connectivity index (χ2n) is 6.94. The molecular weight excluding hydrogens is 391 g/mol. The molecule has 1 amide bonds. The summed E-state index contributed by atoms with van der Waals surface area (Å²) < 4.78 is 29.2. The van der Waals surface area contributed by atoms with Crippen molar-refractivity contribution in [1.29, 1.82) is 0 Å². The van der Waals surface area contributed by atoms with Crippen LogP contribution in [0, 0.1) is 19.7 Å². The summed E-state index contributed by atoms with van der Waals surface area (Å²) in [7, 11) is 0. The van der Waals surface area contributed by atoms with Gasteiger partial charge in [0.1, 0.15) is 23.1 Å². The van der Waals surface area contributed by atoms with Gasteiger partial charge in [0.15, 0.2) is 0 Å². The van der Waals surface area contributed by atoms with E-state index in [4.69, 9.17) is 13.6 Å². The minimum absolute atomic E-state index is 0.0657. The third kappa shape index (κ3) is 3.76. The topological polar surface area (TPSA) is 94.0 Å². The number of carbonyl (C=O) groups excluding carboxylic acids is 2. The number of hydrazone groups is 1. The number of fused-ring (bicyclic) bond motifs is 1. The van der Waals surface area contributed by atoms with Gasteiger partial charge in [0.25, 0.3) is 5.91 Å². The van der Waals surface area contributed by atoms with Gasteiger partial charge < -0.3 is 13.6 Å². The highest BCUT2D eigenvalue weighted by atomic mass is 19.1. The summed E-state index contributed by atoms with van der Waals surface area (Å²) in [5, 5.41) is 4.27. The van der Waals surface area contributed by atoms with E-state index in [1.807, 2.05) is 0 Å². The van der Waals surface area contributed by atoms with Crippen LogP contribution >= 0.6 is 0 Å². The molecule has 0 radical (unpaired) electrons. The Morgan fingerprint density at radius 2 is 1.90 bits per heavy atom. The standard InChI is InChI=1S/C22H19FN2O5/c1-12-19-17(24-25-21(26)16-10-11-28-13(16)2)4-3-5-18(19)30-20(12)22(27)29-15-8-6-14(23)7-9-15/h6-11H,3-5H2,1-2H3,(H,25,26)/b24-17+. The van der Waals surface area contributed by atoms with Gasteiger partial charge in [0.2, 0.25) is 5.76 Å². The fraction of sp³-hybridized carbons (Fsp3) is 0.227. The first kappa shape index (κ1) is 19.6. The van der Waals surface area contributed by atoms with E-state index >= 15 is 0 Å². The predicted octanol–water partition coefficient (Wildman–Crippen LogP) is 4.32. The van der Waals surface area contributed by atoms with Gasteiger partial charge in [-0.15, -0.1) is 0 Å². The van der Waals surface area contributed by atoms with Crippen molar-refractivity contribution < 1.29 is 27.6 Å². The van der Waals surface area contributed by atoms with E-state index < -0.39 is 11.8 Å². The first-order valence-electron chi connectivity index (χ1n) is 9.45. The van der Waals surface area contributed by atoms with Crippen molar-refractivity contribution in [3.8, 4) is 5.75 Å². The van der Waals surface area contributed by atoms with Gasteiger partial charge in [-0.1, -0.05) is 0 Å². The van der Waals surface area contributed by atoms with Crippen LogP contribution in [0.15, 0.2) is 50.5 Å². The van der Waals surface area contributed by atoms with E-state index in [0.717, 1.165) is 6.42 Å². The van der Waals surface area contributed by atoms with Crippen molar-refractivity contribution in [2.45, 2.75) is 33.1 Å². The maximum atomic E-state index is 13.0. The number of nitrogens with one attached hydrogen (secondary N) is 1. The summed E-state index contributed by atoms with van der Waals surface area (Å²) in [6, 6.07) is 6.72. The van der Waals surface area contributed by atoms with Crippen molar-refractivity contribution in [2.24, 2.45) is 5.10 Å². The maximum Gasteiger partial charge on any atom is 0.379 e. The van der Waals surface area contributed by atoms with Crippen molar-refractivity contribution in [2.75, 3.05) is 0 Å². The molecule has 0 unspecified atom stereocenters. The van der Waals surface area contributed by atoms with Crippen LogP contribution in [-0.2, 0) is 6.42 Å². The number of carbonyl (C=O) groups is 2. The van der Waals surface area contributed by atoms with Crippen LogP contribution in [-0.4, -0.2) is 17.6 Å². The van der Waals surface area contributed by atoms with Crippen molar-refractivity contribution >= 4 is 17.6 Å². The molecule has 30 heavy (non-hydrogen) atoms. The van der Waals surface area contributed by atoms with E-state index in [9.17, 15) is 14.0 Å². The first-order chi connectivity index (χ1) is 14.4. The summed E-state index contributed by atoms with van der Waals surface area (Å²) in [5.74, 6) is -0.0702. The summed E-state index contributed by atoms with van der Waals surface area (Å²) in [4.78, 5) is 24.9. The fourth-order valence-electron chi connectivity index (χ4n) is 3.43. The molecule has 0 aliphatic heterocycles. The molecule has 1 aliphatic carbocycles. The van der Waals surface area contributed by atoms with E-state index in [-0.39, 0.29) is 17.4 Å². The molecule has 0 fully saturated rings. The first-order valence-corrected chi connectivity index (χ1v) is 9.45. The molecule has 1 aromatic carbocycles. The number of aryl methyl sites for hydroxylation is 2. The SMILES string of the molecule is Cc1occc1C(=O)N/N=C1\CCCc2oc(C(=O)Oc3ccc(F)cc3)c(C)c21. The highest BCUT2D eigenvalue weighted by Gasteiger charge is 2.29. The molecule has 0 saturated carbocycles. The number of ether oxygens (including phenoxy) is 1. The van der Waals surface area contributed by atoms with Gasteiger partial charge in [-0.2, -0.15) is 5.10 Å². The number of esters is 1. The second kappa shape index (κ2) is 7.98. The minimum Gasteiger partial charge on any atom is -0.469 e. The molecule has 2 aromatic heterocycles. The van der Waals surface area contributed by atoms with Gasteiger partial charge >= 0.3 is 5.97 Å². The van der Waals surface area contributed by atoms with Crippen LogP contribution < -0.4 is 10.2 Å². The molecule has 8 heteroatoms. The average molecular weight is 410 g/mol. The van der Waals surface area contributed by atoms with E-state index in [0.29, 0.717) is 46.8 Å². The van der Waals surface area contributed by atoms with Crippen molar-refractivity contribution in [3.05, 3.63) is 76.4 Å². The van der Waals surface area contributed by atoms with Crippen molar-refractivity contribution in [3.63, 3.8) is 0 Å². The zero-order valence-corrected chi connectivity index (χ0v) is 16.5. The Bertz CT molecular complexity index is 1140. The number of amides is 1. The number of furan rings is 2. The lowest BCUT2D eigenvalue weighted by Gasteiger charge is -2.13. The summed E-state index contributed by atoms with van der Waals surface area (Å²) >= 11 is 0. The Labute approximate surface area is 171 Å². The van der Waals surface area contributed by atoms with Gasteiger partial charge in [0.05, 0.1) is 17.5 Å². The summed E-state index contributed by atoms with van der Waals surface area (Å²) in [5.41, 5.74) is 4.87. The Hall–Kier alpha value is -3.68. The van der Waals surface area contributed by atoms with Gasteiger partial charge in [-0.3, -0.25) is 4.79 Å².